The zero-order valence-electron chi connectivity index (χ0n) is 21.5. The number of aryl methyl sites for hydroxylation is 1. The molecule has 0 saturated carbocycles. The molecule has 0 saturated heterocycles. The first-order valence-electron chi connectivity index (χ1n) is 12.7. The molecule has 4 aromatic rings. The summed E-state index contributed by atoms with van der Waals surface area (Å²) in [7, 11) is 0. The molecule has 0 bridgehead atoms. The van der Waals surface area contributed by atoms with E-state index in [0.29, 0.717) is 39.5 Å². The molecule has 2 aromatic heterocycles. The first-order chi connectivity index (χ1) is 18.4. The normalized spacial score (nSPS) is 14.7. The molecule has 196 valence electrons. The zero-order chi connectivity index (χ0) is 26.8. The van der Waals surface area contributed by atoms with E-state index in [0.717, 1.165) is 30.6 Å². The Kier molecular flexibility index (Phi) is 7.28. The monoisotopic (exact) mass is 532 g/mol. The maximum absolute atomic E-state index is 13.8. The van der Waals surface area contributed by atoms with E-state index in [-0.39, 0.29) is 28.5 Å². The molecule has 0 radical (unpaired) electrons. The number of para-hydroxylation sites is 1. The molecule has 2 aromatic carbocycles. The highest BCUT2D eigenvalue weighted by molar-refractivity contribution is 7.17. The zero-order valence-corrected chi connectivity index (χ0v) is 22.3. The molecule has 1 aliphatic heterocycles. The van der Waals surface area contributed by atoms with Crippen molar-refractivity contribution in [2.45, 2.75) is 46.1 Å². The average Bonchev–Trinajstić information content (AvgIpc) is 3.44. The summed E-state index contributed by atoms with van der Waals surface area (Å²) in [5.74, 6) is -0.381. The molecule has 38 heavy (non-hydrogen) atoms. The number of nitrogens with zero attached hydrogens (tertiary/aromatic N) is 2. The van der Waals surface area contributed by atoms with Crippen molar-refractivity contribution in [2.75, 3.05) is 18.1 Å². The number of amides is 1. The van der Waals surface area contributed by atoms with Crippen LogP contribution in [0.2, 0.25) is 0 Å². The lowest BCUT2D eigenvalue weighted by atomic mass is 9.98. The van der Waals surface area contributed by atoms with Crippen LogP contribution in [0.15, 0.2) is 57.7 Å². The number of unbranched alkanes of at least 4 members (excludes halogenated alkanes) is 2. The van der Waals surface area contributed by atoms with Crippen molar-refractivity contribution in [2.24, 2.45) is 0 Å². The van der Waals surface area contributed by atoms with Crippen molar-refractivity contribution < 1.29 is 23.5 Å². The molecule has 9 heteroatoms. The minimum Gasteiger partial charge on any atom is -0.494 e. The van der Waals surface area contributed by atoms with Gasteiger partial charge >= 0.3 is 5.97 Å². The van der Waals surface area contributed by atoms with E-state index in [1.54, 1.807) is 38.1 Å². The van der Waals surface area contributed by atoms with E-state index in [1.807, 2.05) is 24.3 Å². The Morgan fingerprint density at radius 1 is 1.11 bits per heavy atom. The van der Waals surface area contributed by atoms with Gasteiger partial charge in [0.25, 0.3) is 5.91 Å². The molecular weight excluding hydrogens is 504 g/mol. The molecule has 5 rings (SSSR count). The van der Waals surface area contributed by atoms with Crippen molar-refractivity contribution in [3.8, 4) is 5.75 Å². The van der Waals surface area contributed by atoms with Crippen LogP contribution in [0.1, 0.15) is 76.2 Å². The fraction of sp³-hybridized carbons (Fsp3) is 0.310. The van der Waals surface area contributed by atoms with Crippen LogP contribution >= 0.6 is 11.3 Å². The number of carbonyl (C=O) groups excluding carboxylic acids is 2. The van der Waals surface area contributed by atoms with Gasteiger partial charge in [-0.3, -0.25) is 14.5 Å². The van der Waals surface area contributed by atoms with Gasteiger partial charge < -0.3 is 13.9 Å². The van der Waals surface area contributed by atoms with Gasteiger partial charge in [0.2, 0.25) is 5.76 Å². The minimum absolute atomic E-state index is 0.0292. The first-order valence-corrected chi connectivity index (χ1v) is 13.5. The molecular formula is C29H28N2O6S. The Bertz CT molecular complexity index is 1570. The topological polar surface area (TPSA) is 98.9 Å². The van der Waals surface area contributed by atoms with E-state index in [9.17, 15) is 14.4 Å². The quantitative estimate of drug-likeness (QED) is 0.191. The predicted octanol–water partition coefficient (Wildman–Crippen LogP) is 6.05. The third-order valence-electron chi connectivity index (χ3n) is 6.42. The van der Waals surface area contributed by atoms with Crippen molar-refractivity contribution in [1.82, 2.24) is 4.98 Å². The van der Waals surface area contributed by atoms with Gasteiger partial charge in [-0.2, -0.15) is 0 Å². The molecule has 0 N–H and O–H groups in total. The summed E-state index contributed by atoms with van der Waals surface area (Å²) < 4.78 is 17.1. The Labute approximate surface area is 223 Å². The van der Waals surface area contributed by atoms with Gasteiger partial charge in [0.05, 0.1) is 35.9 Å². The number of fused-ring (bicyclic) bond motifs is 2. The maximum Gasteiger partial charge on any atom is 0.350 e. The summed E-state index contributed by atoms with van der Waals surface area (Å²) in [5.41, 5.74) is 1.42. The highest BCUT2D eigenvalue weighted by Gasteiger charge is 2.45. The van der Waals surface area contributed by atoms with Crippen LogP contribution in [-0.4, -0.2) is 30.1 Å². The van der Waals surface area contributed by atoms with E-state index in [4.69, 9.17) is 13.9 Å². The molecule has 1 aliphatic rings. The second-order valence-corrected chi connectivity index (χ2v) is 9.98. The molecule has 0 unspecified atom stereocenters. The van der Waals surface area contributed by atoms with E-state index >= 15 is 0 Å². The summed E-state index contributed by atoms with van der Waals surface area (Å²) in [5, 5.41) is 0.671. The molecule has 8 nitrogen and oxygen atoms in total. The van der Waals surface area contributed by atoms with Gasteiger partial charge in [-0.05, 0) is 50.1 Å². The lowest BCUT2D eigenvalue weighted by Gasteiger charge is -2.23. The number of esters is 1. The molecule has 0 aliphatic carbocycles. The van der Waals surface area contributed by atoms with E-state index in [2.05, 4.69) is 11.9 Å². The highest BCUT2D eigenvalue weighted by Crippen LogP contribution is 2.43. The van der Waals surface area contributed by atoms with Gasteiger partial charge in [-0.25, -0.2) is 9.78 Å². The van der Waals surface area contributed by atoms with Crippen molar-refractivity contribution in [3.63, 3.8) is 0 Å². The maximum atomic E-state index is 13.8. The van der Waals surface area contributed by atoms with Crippen molar-refractivity contribution in [3.05, 3.63) is 86.2 Å². The lowest BCUT2D eigenvalue weighted by Crippen LogP contribution is -2.29. The van der Waals surface area contributed by atoms with Crippen LogP contribution in [-0.2, 0) is 4.74 Å². The highest BCUT2D eigenvalue weighted by atomic mass is 32.1. The number of ether oxygens (including phenoxy) is 2. The summed E-state index contributed by atoms with van der Waals surface area (Å²) >= 11 is 1.06. The third kappa shape index (κ3) is 4.58. The molecule has 1 amide bonds. The minimum atomic E-state index is -0.807. The number of aromatic nitrogens is 1. The van der Waals surface area contributed by atoms with Crippen LogP contribution < -0.4 is 15.1 Å². The number of benzene rings is 2. The summed E-state index contributed by atoms with van der Waals surface area (Å²) in [6, 6.07) is 13.4. The number of thiazole rings is 1. The van der Waals surface area contributed by atoms with Crippen molar-refractivity contribution in [1.29, 1.82) is 0 Å². The summed E-state index contributed by atoms with van der Waals surface area (Å²) in [6.07, 6.45) is 3.09. The molecule has 1 atom stereocenters. The van der Waals surface area contributed by atoms with Crippen LogP contribution in [0.5, 0.6) is 5.75 Å². The Hall–Kier alpha value is -3.98. The molecule has 0 spiro atoms. The van der Waals surface area contributed by atoms with Crippen LogP contribution in [0.3, 0.4) is 0 Å². The van der Waals surface area contributed by atoms with Crippen LogP contribution in [0.25, 0.3) is 11.0 Å². The van der Waals surface area contributed by atoms with E-state index in [1.165, 1.54) is 4.90 Å². The SMILES string of the molecule is CCCCCOc1cccc([C@@H]2c3c(oc4ccccc4c3=O)C(=O)N2c2nc(C)c(C(=O)OCC)s2)c1. The molecule has 0 fully saturated rings. The third-order valence-corrected chi connectivity index (χ3v) is 7.56. The van der Waals surface area contributed by atoms with Gasteiger partial charge in [0.15, 0.2) is 10.6 Å². The van der Waals surface area contributed by atoms with Gasteiger partial charge in [0, 0.05) is 0 Å². The van der Waals surface area contributed by atoms with Crippen molar-refractivity contribution >= 4 is 39.3 Å². The number of hydrogen-bond donors (Lipinski definition) is 0. The average molecular weight is 533 g/mol. The van der Waals surface area contributed by atoms with Gasteiger partial charge in [0.1, 0.15) is 16.2 Å². The fourth-order valence-corrected chi connectivity index (χ4v) is 5.61. The molecule has 3 heterocycles. The number of rotatable bonds is 9. The second kappa shape index (κ2) is 10.8. The Morgan fingerprint density at radius 2 is 1.92 bits per heavy atom. The standard InChI is InChI=1S/C29H28N2O6S/c1-4-6-9-15-36-19-12-10-11-18(16-19)23-22-24(32)20-13-7-8-14-21(20)37-25(22)27(33)31(23)29-30-17(3)26(38-29)28(34)35-5-2/h7-8,10-14,16,23H,4-6,9,15H2,1-3H3/t23-/m1/s1. The Balaban J connectivity index is 1.65. The summed E-state index contributed by atoms with van der Waals surface area (Å²) in [4.78, 5) is 46.4. The van der Waals surface area contributed by atoms with Crippen LogP contribution in [0, 0.1) is 6.92 Å². The van der Waals surface area contributed by atoms with Gasteiger partial charge in [-0.1, -0.05) is 55.4 Å². The van der Waals surface area contributed by atoms with E-state index < -0.39 is 17.9 Å². The Morgan fingerprint density at radius 3 is 2.71 bits per heavy atom. The largest absolute Gasteiger partial charge is 0.494 e. The predicted molar refractivity (Wildman–Crippen MR) is 145 cm³/mol. The first kappa shape index (κ1) is 25.7. The number of carbonyl (C=O) groups is 2. The smallest absolute Gasteiger partial charge is 0.350 e. The second-order valence-electron chi connectivity index (χ2n) is 9.01. The fourth-order valence-electron chi connectivity index (χ4n) is 4.62. The lowest BCUT2D eigenvalue weighted by molar-refractivity contribution is 0.0531. The number of anilines is 1. The van der Waals surface area contributed by atoms with Gasteiger partial charge in [-0.15, -0.1) is 0 Å². The summed E-state index contributed by atoms with van der Waals surface area (Å²) in [6.45, 7) is 6.34. The number of hydrogen-bond acceptors (Lipinski definition) is 8. The van der Waals surface area contributed by atoms with Crippen LogP contribution in [0.4, 0.5) is 5.13 Å².